The third-order valence-electron chi connectivity index (χ3n) is 4.99. The standard InChI is InChI=1S/C20H28N4O2/c1-14-17(15(2)26-22-14)10-11-20(25)24-12-6-9-19(24)18-8-5-7-16(21-18)13-23(3)4/h5,7-8,19H,6,9-13H2,1-4H3/t19-/m0/s1. The number of likely N-dealkylation sites (tertiary alicyclic amines) is 1. The zero-order valence-electron chi connectivity index (χ0n) is 16.2. The summed E-state index contributed by atoms with van der Waals surface area (Å²) < 4.78 is 5.20. The molecule has 2 aromatic rings. The number of aryl methyl sites for hydroxylation is 2. The first-order valence-electron chi connectivity index (χ1n) is 9.27. The van der Waals surface area contributed by atoms with Crippen molar-refractivity contribution in [3.63, 3.8) is 0 Å². The molecule has 1 atom stereocenters. The molecular formula is C20H28N4O2. The molecule has 1 amide bonds. The molecule has 0 radical (unpaired) electrons. The van der Waals surface area contributed by atoms with Crippen LogP contribution in [0.4, 0.5) is 0 Å². The molecule has 0 N–H and O–H groups in total. The molecule has 26 heavy (non-hydrogen) atoms. The summed E-state index contributed by atoms with van der Waals surface area (Å²) in [6.45, 7) is 5.44. The third-order valence-corrected chi connectivity index (χ3v) is 4.99. The number of rotatable bonds is 6. The molecule has 1 saturated heterocycles. The first-order chi connectivity index (χ1) is 12.5. The van der Waals surface area contributed by atoms with Crippen LogP contribution in [0.1, 0.15) is 53.7 Å². The van der Waals surface area contributed by atoms with E-state index in [-0.39, 0.29) is 11.9 Å². The maximum absolute atomic E-state index is 12.8. The number of carbonyl (C=O) groups excluding carboxylic acids is 1. The van der Waals surface area contributed by atoms with Gasteiger partial charge in [-0.15, -0.1) is 0 Å². The summed E-state index contributed by atoms with van der Waals surface area (Å²) in [7, 11) is 4.07. The highest BCUT2D eigenvalue weighted by Gasteiger charge is 2.31. The molecule has 140 valence electrons. The summed E-state index contributed by atoms with van der Waals surface area (Å²) in [5, 5.41) is 3.97. The molecule has 0 saturated carbocycles. The lowest BCUT2D eigenvalue weighted by atomic mass is 10.1. The van der Waals surface area contributed by atoms with Crippen LogP contribution in [0.25, 0.3) is 0 Å². The van der Waals surface area contributed by atoms with Gasteiger partial charge in [0.15, 0.2) is 0 Å². The van der Waals surface area contributed by atoms with Gasteiger partial charge < -0.3 is 14.3 Å². The van der Waals surface area contributed by atoms with Crippen LogP contribution in [-0.4, -0.2) is 46.5 Å². The van der Waals surface area contributed by atoms with Crippen LogP contribution in [0.3, 0.4) is 0 Å². The Hall–Kier alpha value is -2.21. The van der Waals surface area contributed by atoms with Gasteiger partial charge in [-0.1, -0.05) is 11.2 Å². The third kappa shape index (κ3) is 4.12. The number of hydrogen-bond donors (Lipinski definition) is 0. The Kier molecular flexibility index (Phi) is 5.71. The van der Waals surface area contributed by atoms with Gasteiger partial charge in [-0.05, 0) is 59.3 Å². The molecule has 3 heterocycles. The molecular weight excluding hydrogens is 328 g/mol. The Labute approximate surface area is 155 Å². The average Bonchev–Trinajstić information content (AvgIpc) is 3.20. The van der Waals surface area contributed by atoms with Crippen molar-refractivity contribution in [3.05, 3.63) is 46.6 Å². The van der Waals surface area contributed by atoms with E-state index in [0.29, 0.717) is 12.8 Å². The second kappa shape index (κ2) is 7.99. The quantitative estimate of drug-likeness (QED) is 0.796. The summed E-state index contributed by atoms with van der Waals surface area (Å²) >= 11 is 0. The summed E-state index contributed by atoms with van der Waals surface area (Å²) in [6, 6.07) is 6.23. The van der Waals surface area contributed by atoms with Crippen molar-refractivity contribution < 1.29 is 9.32 Å². The Balaban J connectivity index is 1.68. The van der Waals surface area contributed by atoms with Crippen molar-refractivity contribution in [1.29, 1.82) is 0 Å². The van der Waals surface area contributed by atoms with E-state index >= 15 is 0 Å². The smallest absolute Gasteiger partial charge is 0.223 e. The van der Waals surface area contributed by atoms with Gasteiger partial charge in [0, 0.05) is 25.1 Å². The number of carbonyl (C=O) groups is 1. The molecule has 6 nitrogen and oxygen atoms in total. The molecule has 1 aliphatic rings. The fraction of sp³-hybridized carbons (Fsp3) is 0.550. The van der Waals surface area contributed by atoms with E-state index in [1.807, 2.05) is 51.0 Å². The normalized spacial score (nSPS) is 17.3. The minimum Gasteiger partial charge on any atom is -0.361 e. The molecule has 1 aliphatic heterocycles. The zero-order chi connectivity index (χ0) is 18.7. The van der Waals surface area contributed by atoms with Gasteiger partial charge in [-0.25, -0.2) is 0 Å². The van der Waals surface area contributed by atoms with E-state index in [1.54, 1.807) is 0 Å². The van der Waals surface area contributed by atoms with Gasteiger partial charge in [-0.2, -0.15) is 0 Å². The minimum absolute atomic E-state index is 0.0919. The van der Waals surface area contributed by atoms with E-state index in [1.165, 1.54) is 0 Å². The first-order valence-corrected chi connectivity index (χ1v) is 9.27. The fourth-order valence-electron chi connectivity index (χ4n) is 3.70. The highest BCUT2D eigenvalue weighted by Crippen LogP contribution is 2.32. The van der Waals surface area contributed by atoms with E-state index in [2.05, 4.69) is 10.1 Å². The SMILES string of the molecule is Cc1noc(C)c1CCC(=O)N1CCC[C@H]1c1cccc(CN(C)C)n1. The van der Waals surface area contributed by atoms with E-state index in [9.17, 15) is 4.79 Å². The Bertz CT molecular complexity index is 749. The first kappa shape index (κ1) is 18.6. The molecule has 0 spiro atoms. The predicted molar refractivity (Wildman–Crippen MR) is 99.6 cm³/mol. The van der Waals surface area contributed by atoms with E-state index in [0.717, 1.165) is 54.3 Å². The van der Waals surface area contributed by atoms with Crippen LogP contribution in [0.15, 0.2) is 22.7 Å². The maximum Gasteiger partial charge on any atom is 0.223 e. The van der Waals surface area contributed by atoms with Gasteiger partial charge in [-0.3, -0.25) is 9.78 Å². The van der Waals surface area contributed by atoms with E-state index < -0.39 is 0 Å². The van der Waals surface area contributed by atoms with Crippen LogP contribution in [-0.2, 0) is 17.8 Å². The van der Waals surface area contributed by atoms with Crippen molar-refractivity contribution in [1.82, 2.24) is 19.9 Å². The fourth-order valence-corrected chi connectivity index (χ4v) is 3.70. The minimum atomic E-state index is 0.0919. The lowest BCUT2D eigenvalue weighted by Gasteiger charge is -2.25. The molecule has 0 unspecified atom stereocenters. The Morgan fingerprint density at radius 1 is 1.35 bits per heavy atom. The lowest BCUT2D eigenvalue weighted by Crippen LogP contribution is -2.31. The number of amides is 1. The summed E-state index contributed by atoms with van der Waals surface area (Å²) in [4.78, 5) is 21.8. The van der Waals surface area contributed by atoms with Gasteiger partial charge in [0.25, 0.3) is 0 Å². The van der Waals surface area contributed by atoms with Crippen molar-refractivity contribution in [2.45, 2.75) is 52.1 Å². The van der Waals surface area contributed by atoms with Crippen molar-refractivity contribution in [3.8, 4) is 0 Å². The molecule has 3 rings (SSSR count). The van der Waals surface area contributed by atoms with Crippen molar-refractivity contribution >= 4 is 5.91 Å². The second-order valence-electron chi connectivity index (χ2n) is 7.34. The molecule has 6 heteroatoms. The van der Waals surface area contributed by atoms with Gasteiger partial charge >= 0.3 is 0 Å². The van der Waals surface area contributed by atoms with Gasteiger partial charge in [0.05, 0.1) is 23.1 Å². The number of hydrogen-bond acceptors (Lipinski definition) is 5. The topological polar surface area (TPSA) is 62.5 Å². The highest BCUT2D eigenvalue weighted by atomic mass is 16.5. The monoisotopic (exact) mass is 356 g/mol. The van der Waals surface area contributed by atoms with Gasteiger partial charge in [0.1, 0.15) is 5.76 Å². The highest BCUT2D eigenvalue weighted by molar-refractivity contribution is 5.77. The number of pyridine rings is 1. The second-order valence-corrected chi connectivity index (χ2v) is 7.34. The van der Waals surface area contributed by atoms with Gasteiger partial charge in [0.2, 0.25) is 5.91 Å². The zero-order valence-corrected chi connectivity index (χ0v) is 16.2. The molecule has 0 bridgehead atoms. The van der Waals surface area contributed by atoms with E-state index in [4.69, 9.17) is 9.51 Å². The average molecular weight is 356 g/mol. The van der Waals surface area contributed by atoms with Crippen LogP contribution >= 0.6 is 0 Å². The summed E-state index contributed by atoms with van der Waals surface area (Å²) in [5.41, 5.74) is 3.99. The lowest BCUT2D eigenvalue weighted by molar-refractivity contribution is -0.132. The molecule has 1 fully saturated rings. The number of aromatic nitrogens is 2. The van der Waals surface area contributed by atoms with Crippen LogP contribution in [0, 0.1) is 13.8 Å². The predicted octanol–water partition coefficient (Wildman–Crippen LogP) is 3.04. The van der Waals surface area contributed by atoms with Crippen LogP contribution in [0.5, 0.6) is 0 Å². The maximum atomic E-state index is 12.8. The van der Waals surface area contributed by atoms with Crippen molar-refractivity contribution in [2.24, 2.45) is 0 Å². The van der Waals surface area contributed by atoms with Crippen LogP contribution < -0.4 is 0 Å². The Morgan fingerprint density at radius 3 is 2.85 bits per heavy atom. The summed E-state index contributed by atoms with van der Waals surface area (Å²) in [5.74, 6) is 0.999. The molecule has 2 aromatic heterocycles. The molecule has 0 aliphatic carbocycles. The Morgan fingerprint density at radius 2 is 2.15 bits per heavy atom. The molecule has 0 aromatic carbocycles. The largest absolute Gasteiger partial charge is 0.361 e. The van der Waals surface area contributed by atoms with Crippen LogP contribution in [0.2, 0.25) is 0 Å². The summed E-state index contributed by atoms with van der Waals surface area (Å²) in [6.07, 6.45) is 3.17. The van der Waals surface area contributed by atoms with Crippen molar-refractivity contribution in [2.75, 3.05) is 20.6 Å². The number of nitrogens with zero attached hydrogens (tertiary/aromatic N) is 4.